The minimum atomic E-state index is -3.40. The molecule has 3 nitrogen and oxygen atoms in total. The molecule has 0 spiro atoms. The minimum Gasteiger partial charge on any atom is -0.299 e. The van der Waals surface area contributed by atoms with Crippen molar-refractivity contribution in [2.45, 2.75) is 25.7 Å². The molecule has 0 aromatic heterocycles. The van der Waals surface area contributed by atoms with Gasteiger partial charge in [-0.25, -0.2) is 12.8 Å². The van der Waals surface area contributed by atoms with E-state index in [0.717, 1.165) is 16.7 Å². The molecule has 2 aromatic rings. The summed E-state index contributed by atoms with van der Waals surface area (Å²) in [5.74, 6) is 5.76. The van der Waals surface area contributed by atoms with E-state index in [-0.39, 0.29) is 16.2 Å². The lowest BCUT2D eigenvalue weighted by Crippen LogP contribution is -2.10. The topological polar surface area (TPSA) is 37.4 Å². The first-order valence-corrected chi connectivity index (χ1v) is 10.1. The molecule has 0 bridgehead atoms. The summed E-state index contributed by atoms with van der Waals surface area (Å²) in [7, 11) is 0.488. The van der Waals surface area contributed by atoms with Crippen molar-refractivity contribution in [2.24, 2.45) is 0 Å². The molecule has 0 saturated carbocycles. The molecule has 2 aromatic carbocycles. The molecule has 26 heavy (non-hydrogen) atoms. The normalized spacial score (nSPS) is 11.3. The van der Waals surface area contributed by atoms with Crippen LogP contribution in [-0.4, -0.2) is 39.7 Å². The van der Waals surface area contributed by atoms with Gasteiger partial charge in [0.15, 0.2) is 9.84 Å². The first-order valence-electron chi connectivity index (χ1n) is 8.43. The largest absolute Gasteiger partial charge is 0.299 e. The fraction of sp³-hybridized carbons (Fsp3) is 0.333. The Morgan fingerprint density at radius 3 is 2.42 bits per heavy atom. The maximum Gasteiger partial charge on any atom is 0.178 e. The Morgan fingerprint density at radius 1 is 1.12 bits per heavy atom. The highest BCUT2D eigenvalue weighted by molar-refractivity contribution is 7.91. The van der Waals surface area contributed by atoms with Gasteiger partial charge in [0.1, 0.15) is 5.82 Å². The quantitative estimate of drug-likeness (QED) is 0.604. The van der Waals surface area contributed by atoms with Gasteiger partial charge in [-0.1, -0.05) is 24.8 Å². The Bertz CT molecular complexity index is 983. The molecule has 0 unspecified atom stereocenters. The summed E-state index contributed by atoms with van der Waals surface area (Å²) in [5.41, 5.74) is 3.76. The van der Waals surface area contributed by atoms with Crippen LogP contribution in [0, 0.1) is 31.5 Å². The third-order valence-corrected chi connectivity index (χ3v) is 6.01. The van der Waals surface area contributed by atoms with Gasteiger partial charge in [0.05, 0.1) is 17.2 Å². The zero-order valence-electron chi connectivity index (χ0n) is 15.9. The number of rotatable bonds is 4. The fourth-order valence-electron chi connectivity index (χ4n) is 2.52. The molecule has 0 aliphatic heterocycles. The van der Waals surface area contributed by atoms with Crippen LogP contribution in [0.3, 0.4) is 0 Å². The van der Waals surface area contributed by atoms with E-state index in [9.17, 15) is 12.8 Å². The van der Waals surface area contributed by atoms with Gasteiger partial charge < -0.3 is 0 Å². The number of nitrogens with zero attached hydrogens (tertiary/aromatic N) is 1. The predicted molar refractivity (Wildman–Crippen MR) is 104 cm³/mol. The number of sulfone groups is 1. The fourth-order valence-corrected chi connectivity index (χ4v) is 3.43. The Morgan fingerprint density at radius 2 is 1.81 bits per heavy atom. The molecule has 0 amide bonds. The van der Waals surface area contributed by atoms with Crippen LogP contribution in [-0.2, 0) is 9.84 Å². The molecule has 0 aliphatic rings. The van der Waals surface area contributed by atoms with Crippen LogP contribution in [0.5, 0.6) is 0 Å². The lowest BCUT2D eigenvalue weighted by molar-refractivity contribution is 0.464. The monoisotopic (exact) mass is 373 g/mol. The summed E-state index contributed by atoms with van der Waals surface area (Å²) in [6.07, 6.45) is 0. The van der Waals surface area contributed by atoms with Crippen molar-refractivity contribution in [2.75, 3.05) is 26.4 Å². The summed E-state index contributed by atoms with van der Waals surface area (Å²) in [6.45, 7) is 6.13. The highest BCUT2D eigenvalue weighted by Gasteiger charge is 2.16. The van der Waals surface area contributed by atoms with Crippen LogP contribution in [0.25, 0.3) is 11.1 Å². The maximum absolute atomic E-state index is 14.4. The lowest BCUT2D eigenvalue weighted by Gasteiger charge is -2.11. The minimum absolute atomic E-state index is 0.0216. The third kappa shape index (κ3) is 4.51. The van der Waals surface area contributed by atoms with Gasteiger partial charge in [-0.2, -0.15) is 0 Å². The zero-order valence-corrected chi connectivity index (χ0v) is 16.7. The average molecular weight is 373 g/mol. The summed E-state index contributed by atoms with van der Waals surface area (Å²) >= 11 is 0. The number of benzene rings is 2. The molecule has 0 heterocycles. The molecule has 0 atom stereocenters. The van der Waals surface area contributed by atoms with Crippen LogP contribution in [0.2, 0.25) is 0 Å². The molecule has 0 N–H and O–H groups in total. The molecule has 138 valence electrons. The Labute approximate surface area is 155 Å². The molecule has 0 saturated heterocycles. The maximum atomic E-state index is 14.4. The van der Waals surface area contributed by atoms with E-state index in [2.05, 4.69) is 11.8 Å². The van der Waals surface area contributed by atoms with E-state index in [1.807, 2.05) is 45.0 Å². The van der Waals surface area contributed by atoms with Crippen molar-refractivity contribution in [3.05, 3.63) is 52.8 Å². The summed E-state index contributed by atoms with van der Waals surface area (Å²) < 4.78 is 38.7. The highest BCUT2D eigenvalue weighted by Crippen LogP contribution is 2.29. The molecular weight excluding hydrogens is 349 g/mol. The van der Waals surface area contributed by atoms with E-state index in [0.29, 0.717) is 12.1 Å². The number of halogens is 1. The summed E-state index contributed by atoms with van der Waals surface area (Å²) in [5, 5.41) is 0. The van der Waals surface area contributed by atoms with Gasteiger partial charge >= 0.3 is 0 Å². The van der Waals surface area contributed by atoms with Crippen LogP contribution in [0.15, 0.2) is 35.2 Å². The van der Waals surface area contributed by atoms with Gasteiger partial charge in [0, 0.05) is 11.1 Å². The first kappa shape index (κ1) is 20.2. The molecule has 2 rings (SSSR count). The Balaban J connectivity index is 2.60. The average Bonchev–Trinajstić information content (AvgIpc) is 2.58. The van der Waals surface area contributed by atoms with E-state index in [1.54, 1.807) is 6.92 Å². The van der Waals surface area contributed by atoms with Gasteiger partial charge in [-0.3, -0.25) is 4.90 Å². The van der Waals surface area contributed by atoms with Gasteiger partial charge in [-0.05, 0) is 68.9 Å². The van der Waals surface area contributed by atoms with E-state index >= 15 is 0 Å². The molecule has 0 radical (unpaired) electrons. The van der Waals surface area contributed by atoms with Crippen LogP contribution >= 0.6 is 0 Å². The molecule has 0 fully saturated rings. The van der Waals surface area contributed by atoms with Crippen molar-refractivity contribution in [3.8, 4) is 23.0 Å². The van der Waals surface area contributed by atoms with Crippen LogP contribution in [0.4, 0.5) is 4.39 Å². The van der Waals surface area contributed by atoms with Gasteiger partial charge in [0.2, 0.25) is 0 Å². The first-order chi connectivity index (χ1) is 12.2. The Hall–Kier alpha value is -2.16. The second-order valence-electron chi connectivity index (χ2n) is 6.55. The number of aryl methyl sites for hydroxylation is 1. The molecule has 0 aliphatic carbocycles. The third-order valence-electron chi connectivity index (χ3n) is 4.27. The second-order valence-corrected chi connectivity index (χ2v) is 8.83. The zero-order chi connectivity index (χ0) is 19.5. The summed E-state index contributed by atoms with van der Waals surface area (Å²) in [6, 6.07) is 7.63. The van der Waals surface area contributed by atoms with E-state index < -0.39 is 15.7 Å². The van der Waals surface area contributed by atoms with E-state index in [4.69, 9.17) is 0 Å². The summed E-state index contributed by atoms with van der Waals surface area (Å²) in [4.78, 5) is 2.10. The molecular formula is C21H24FNO2S. The smallest absolute Gasteiger partial charge is 0.178 e. The van der Waals surface area contributed by atoms with Crippen LogP contribution in [0.1, 0.15) is 23.6 Å². The van der Waals surface area contributed by atoms with Crippen molar-refractivity contribution >= 4 is 9.84 Å². The van der Waals surface area contributed by atoms with Crippen molar-refractivity contribution < 1.29 is 12.8 Å². The lowest BCUT2D eigenvalue weighted by atomic mass is 9.95. The SMILES string of the molecule is CCS(=O)(=O)c1ccc(F)c(-c2cc(C)c(C)c(C#CCN(C)C)c2)c1. The second kappa shape index (κ2) is 8.03. The van der Waals surface area contributed by atoms with Crippen molar-refractivity contribution in [1.82, 2.24) is 4.90 Å². The van der Waals surface area contributed by atoms with Gasteiger partial charge in [0.25, 0.3) is 0 Å². The Kier molecular flexibility index (Phi) is 6.22. The predicted octanol–water partition coefficient (Wildman–Crippen LogP) is 3.82. The van der Waals surface area contributed by atoms with Crippen molar-refractivity contribution in [3.63, 3.8) is 0 Å². The van der Waals surface area contributed by atoms with Crippen LogP contribution < -0.4 is 0 Å². The van der Waals surface area contributed by atoms with Crippen molar-refractivity contribution in [1.29, 1.82) is 0 Å². The van der Waals surface area contributed by atoms with Gasteiger partial charge in [-0.15, -0.1) is 0 Å². The molecule has 5 heteroatoms. The number of hydrogen-bond acceptors (Lipinski definition) is 3. The highest BCUT2D eigenvalue weighted by atomic mass is 32.2. The number of hydrogen-bond donors (Lipinski definition) is 0. The van der Waals surface area contributed by atoms with E-state index in [1.165, 1.54) is 18.2 Å². The standard InChI is InChI=1S/C21H24FNO2S/c1-6-26(24,25)19-9-10-21(22)20(14-19)18-12-15(2)16(3)17(13-18)8-7-11-23(4)5/h9-10,12-14H,6,11H2,1-5H3.